The van der Waals surface area contributed by atoms with Crippen LogP contribution >= 0.6 is 22.6 Å². The Morgan fingerprint density at radius 1 is 1.29 bits per heavy atom. The molecule has 4 heteroatoms. The fourth-order valence-corrected chi connectivity index (χ4v) is 4.24. The highest BCUT2D eigenvalue weighted by molar-refractivity contribution is 14.1. The molecule has 126 valence electrons. The quantitative estimate of drug-likeness (QED) is 0.566. The molecule has 1 aliphatic heterocycles. The third-order valence-electron chi connectivity index (χ3n) is 4.58. The number of anilines is 1. The van der Waals surface area contributed by atoms with E-state index >= 15 is 0 Å². The first kappa shape index (κ1) is 17.3. The van der Waals surface area contributed by atoms with Crippen molar-refractivity contribution in [2.45, 2.75) is 32.7 Å². The van der Waals surface area contributed by atoms with Crippen molar-refractivity contribution >= 4 is 34.2 Å². The Morgan fingerprint density at radius 2 is 2.08 bits per heavy atom. The maximum absolute atomic E-state index is 12.3. The van der Waals surface area contributed by atoms with Crippen LogP contribution < -0.4 is 10.2 Å². The van der Waals surface area contributed by atoms with Gasteiger partial charge >= 0.3 is 0 Å². The molecule has 24 heavy (non-hydrogen) atoms. The second-order valence-electron chi connectivity index (χ2n) is 6.47. The van der Waals surface area contributed by atoms with Crippen molar-refractivity contribution < 1.29 is 4.79 Å². The maximum atomic E-state index is 12.3. The summed E-state index contributed by atoms with van der Waals surface area (Å²) in [7, 11) is 0. The molecule has 2 aromatic carbocycles. The summed E-state index contributed by atoms with van der Waals surface area (Å²) in [5, 5.41) is 3.05. The number of halogens is 1. The van der Waals surface area contributed by atoms with Crippen LogP contribution in [0, 0.1) is 10.5 Å². The van der Waals surface area contributed by atoms with E-state index in [0.717, 1.165) is 28.5 Å². The van der Waals surface area contributed by atoms with Gasteiger partial charge in [-0.05, 0) is 73.0 Å². The van der Waals surface area contributed by atoms with Crippen molar-refractivity contribution in [2.24, 2.45) is 0 Å². The standard InChI is InChI=1S/C20H23IN2O/c1-14-8-9-17(18(21)12-14)20(24)22-10-5-11-23-15(2)13-16-6-3-4-7-19(16)23/h3-4,6-9,12,15H,5,10-11,13H2,1-2H3,(H,22,24)/t15-/m1/s1. The molecular weight excluding hydrogens is 411 g/mol. The summed E-state index contributed by atoms with van der Waals surface area (Å²) in [5.41, 5.74) is 4.73. The first-order valence-corrected chi connectivity index (χ1v) is 9.53. The molecule has 1 aliphatic rings. The summed E-state index contributed by atoms with van der Waals surface area (Å²) in [6.45, 7) is 5.99. The second kappa shape index (κ2) is 7.55. The molecular formula is C20H23IN2O. The monoisotopic (exact) mass is 434 g/mol. The lowest BCUT2D eigenvalue weighted by molar-refractivity contribution is 0.0952. The van der Waals surface area contributed by atoms with Gasteiger partial charge in [-0.2, -0.15) is 0 Å². The highest BCUT2D eigenvalue weighted by atomic mass is 127. The summed E-state index contributed by atoms with van der Waals surface area (Å²) in [5.74, 6) is 0.0225. The van der Waals surface area contributed by atoms with E-state index < -0.39 is 0 Å². The Morgan fingerprint density at radius 3 is 2.88 bits per heavy atom. The number of aryl methyl sites for hydroxylation is 1. The molecule has 0 spiro atoms. The highest BCUT2D eigenvalue weighted by Crippen LogP contribution is 2.31. The topological polar surface area (TPSA) is 32.3 Å². The summed E-state index contributed by atoms with van der Waals surface area (Å²) < 4.78 is 1.01. The smallest absolute Gasteiger partial charge is 0.252 e. The second-order valence-corrected chi connectivity index (χ2v) is 7.63. The summed E-state index contributed by atoms with van der Waals surface area (Å²) in [4.78, 5) is 14.8. The first-order valence-electron chi connectivity index (χ1n) is 8.45. The van der Waals surface area contributed by atoms with E-state index in [0.29, 0.717) is 12.6 Å². The van der Waals surface area contributed by atoms with Gasteiger partial charge in [0.1, 0.15) is 0 Å². The number of amides is 1. The Kier molecular flexibility index (Phi) is 5.43. The van der Waals surface area contributed by atoms with Crippen LogP contribution in [0.25, 0.3) is 0 Å². The van der Waals surface area contributed by atoms with Gasteiger partial charge in [0.15, 0.2) is 0 Å². The van der Waals surface area contributed by atoms with Crippen molar-refractivity contribution in [1.82, 2.24) is 5.32 Å². The summed E-state index contributed by atoms with van der Waals surface area (Å²) in [6.07, 6.45) is 2.07. The fraction of sp³-hybridized carbons (Fsp3) is 0.350. The highest BCUT2D eigenvalue weighted by Gasteiger charge is 2.24. The summed E-state index contributed by atoms with van der Waals surface area (Å²) >= 11 is 2.23. The van der Waals surface area contributed by atoms with Gasteiger partial charge in [-0.1, -0.05) is 29.8 Å². The maximum Gasteiger partial charge on any atom is 0.252 e. The minimum absolute atomic E-state index is 0.0225. The molecule has 1 heterocycles. The average Bonchev–Trinajstić information content (AvgIpc) is 2.87. The van der Waals surface area contributed by atoms with Gasteiger partial charge in [0.05, 0.1) is 5.56 Å². The Hall–Kier alpha value is -1.56. The Labute approximate surface area is 157 Å². The molecule has 1 amide bonds. The molecule has 1 atom stereocenters. The van der Waals surface area contributed by atoms with E-state index in [2.05, 4.69) is 64.0 Å². The molecule has 1 N–H and O–H groups in total. The predicted octanol–water partition coefficient (Wildman–Crippen LogP) is 4.17. The summed E-state index contributed by atoms with van der Waals surface area (Å²) in [6, 6.07) is 15.1. The van der Waals surface area contributed by atoms with Crippen LogP contribution in [-0.4, -0.2) is 25.0 Å². The van der Waals surface area contributed by atoms with Crippen LogP contribution in [0.3, 0.4) is 0 Å². The normalized spacial score (nSPS) is 16.1. The van der Waals surface area contributed by atoms with Gasteiger partial charge in [-0.25, -0.2) is 0 Å². The van der Waals surface area contributed by atoms with Gasteiger partial charge < -0.3 is 10.2 Å². The molecule has 0 bridgehead atoms. The lowest BCUT2D eigenvalue weighted by Gasteiger charge is -2.25. The van der Waals surface area contributed by atoms with Gasteiger partial charge in [-0.15, -0.1) is 0 Å². The molecule has 3 nitrogen and oxygen atoms in total. The number of fused-ring (bicyclic) bond motifs is 1. The van der Waals surface area contributed by atoms with Gasteiger partial charge in [-0.3, -0.25) is 4.79 Å². The Balaban J connectivity index is 1.51. The number of nitrogens with one attached hydrogen (secondary N) is 1. The average molecular weight is 434 g/mol. The van der Waals surface area contributed by atoms with Crippen LogP contribution in [0.4, 0.5) is 5.69 Å². The van der Waals surface area contributed by atoms with Gasteiger partial charge in [0.2, 0.25) is 0 Å². The zero-order chi connectivity index (χ0) is 17.1. The van der Waals surface area contributed by atoms with Crippen molar-refractivity contribution in [1.29, 1.82) is 0 Å². The van der Waals surface area contributed by atoms with Crippen LogP contribution in [0.5, 0.6) is 0 Å². The minimum atomic E-state index is 0.0225. The van der Waals surface area contributed by atoms with E-state index in [1.54, 1.807) is 0 Å². The van der Waals surface area contributed by atoms with Crippen molar-refractivity contribution in [2.75, 3.05) is 18.0 Å². The van der Waals surface area contributed by atoms with Gasteiger partial charge in [0, 0.05) is 28.4 Å². The van der Waals surface area contributed by atoms with E-state index in [1.165, 1.54) is 16.8 Å². The number of hydrogen-bond donors (Lipinski definition) is 1. The molecule has 0 saturated carbocycles. The molecule has 0 aliphatic carbocycles. The molecule has 0 saturated heterocycles. The lowest BCUT2D eigenvalue weighted by Crippen LogP contribution is -2.33. The third-order valence-corrected chi connectivity index (χ3v) is 5.47. The van der Waals surface area contributed by atoms with Crippen molar-refractivity contribution in [3.63, 3.8) is 0 Å². The number of rotatable bonds is 5. The molecule has 0 aromatic heterocycles. The Bertz CT molecular complexity index is 744. The van der Waals surface area contributed by atoms with Gasteiger partial charge in [0.25, 0.3) is 5.91 Å². The van der Waals surface area contributed by atoms with E-state index in [1.807, 2.05) is 25.1 Å². The van der Waals surface area contributed by atoms with Crippen LogP contribution in [0.15, 0.2) is 42.5 Å². The zero-order valence-corrected chi connectivity index (χ0v) is 16.3. The fourth-order valence-electron chi connectivity index (χ4n) is 3.32. The van der Waals surface area contributed by atoms with E-state index in [4.69, 9.17) is 0 Å². The number of hydrogen-bond acceptors (Lipinski definition) is 2. The molecule has 0 radical (unpaired) electrons. The van der Waals surface area contributed by atoms with E-state index in [-0.39, 0.29) is 5.91 Å². The van der Waals surface area contributed by atoms with Crippen molar-refractivity contribution in [3.05, 3.63) is 62.7 Å². The van der Waals surface area contributed by atoms with Crippen LogP contribution in [0.2, 0.25) is 0 Å². The van der Waals surface area contributed by atoms with Crippen LogP contribution in [-0.2, 0) is 6.42 Å². The molecule has 0 fully saturated rings. The van der Waals surface area contributed by atoms with E-state index in [9.17, 15) is 4.79 Å². The predicted molar refractivity (Wildman–Crippen MR) is 108 cm³/mol. The van der Waals surface area contributed by atoms with Crippen LogP contribution in [0.1, 0.15) is 34.8 Å². The number of carbonyl (C=O) groups is 1. The molecule has 0 unspecified atom stereocenters. The SMILES string of the molecule is Cc1ccc(C(=O)NCCCN2c3ccccc3C[C@H]2C)c(I)c1. The number of para-hydroxylation sites is 1. The first-order chi connectivity index (χ1) is 11.6. The lowest BCUT2D eigenvalue weighted by atomic mass is 10.1. The number of carbonyl (C=O) groups excluding carboxylic acids is 1. The third kappa shape index (κ3) is 3.74. The molecule has 2 aromatic rings. The number of nitrogens with zero attached hydrogens (tertiary/aromatic N) is 1. The zero-order valence-electron chi connectivity index (χ0n) is 14.2. The largest absolute Gasteiger partial charge is 0.368 e. The molecule has 3 rings (SSSR count). The minimum Gasteiger partial charge on any atom is -0.368 e. The van der Waals surface area contributed by atoms with Crippen molar-refractivity contribution in [3.8, 4) is 0 Å². The number of benzene rings is 2.